The van der Waals surface area contributed by atoms with Gasteiger partial charge in [0.2, 0.25) is 0 Å². The maximum atomic E-state index is 14.7. The molecule has 5 rings (SSSR count). The third-order valence-corrected chi connectivity index (χ3v) is 8.18. The zero-order valence-electron chi connectivity index (χ0n) is 21.7. The highest BCUT2D eigenvalue weighted by molar-refractivity contribution is 5.75. The van der Waals surface area contributed by atoms with E-state index in [1.54, 1.807) is 6.07 Å². The van der Waals surface area contributed by atoms with E-state index in [1.807, 2.05) is 26.0 Å². The van der Waals surface area contributed by atoms with Crippen LogP contribution in [-0.4, -0.2) is 30.6 Å². The van der Waals surface area contributed by atoms with Gasteiger partial charge in [-0.2, -0.15) is 0 Å². The first kappa shape index (κ1) is 24.8. The summed E-state index contributed by atoms with van der Waals surface area (Å²) in [4.78, 5) is 2.68. The fourth-order valence-corrected chi connectivity index (χ4v) is 6.09. The number of fused-ring (bicyclic) bond motifs is 1. The molecular weight excluding hydrogens is 449 g/mol. The van der Waals surface area contributed by atoms with Gasteiger partial charge < -0.3 is 16.1 Å². The Balaban J connectivity index is 1.47. The van der Waals surface area contributed by atoms with Gasteiger partial charge in [-0.1, -0.05) is 43.5 Å². The Morgan fingerprint density at radius 1 is 1.08 bits per heavy atom. The van der Waals surface area contributed by atoms with E-state index in [0.29, 0.717) is 5.69 Å². The average Bonchev–Trinajstić information content (AvgIpc) is 3.10. The molecule has 2 aromatic carbocycles. The van der Waals surface area contributed by atoms with Crippen LogP contribution >= 0.6 is 0 Å². The molecule has 1 unspecified atom stereocenters. The predicted octanol–water partition coefficient (Wildman–Crippen LogP) is 5.85. The summed E-state index contributed by atoms with van der Waals surface area (Å²) in [6.07, 6.45) is 11.2. The van der Waals surface area contributed by atoms with Crippen LogP contribution in [0.25, 0.3) is 11.3 Å². The third-order valence-electron chi connectivity index (χ3n) is 8.18. The minimum Gasteiger partial charge on any atom is -0.383 e. The van der Waals surface area contributed by atoms with Gasteiger partial charge in [0.1, 0.15) is 5.82 Å². The van der Waals surface area contributed by atoms with Crippen LogP contribution in [0.4, 0.5) is 10.1 Å². The summed E-state index contributed by atoms with van der Waals surface area (Å²) in [5, 5.41) is 7.08. The molecule has 2 heterocycles. The number of hydrogen-bond donors (Lipinski definition) is 4. The van der Waals surface area contributed by atoms with Crippen molar-refractivity contribution in [3.8, 4) is 0 Å². The molecule has 0 spiro atoms. The molecule has 192 valence electrons. The Morgan fingerprint density at radius 3 is 2.67 bits per heavy atom. The van der Waals surface area contributed by atoms with Crippen molar-refractivity contribution in [2.45, 2.75) is 70.9 Å². The van der Waals surface area contributed by atoms with E-state index in [2.05, 4.69) is 45.2 Å². The van der Waals surface area contributed by atoms with Gasteiger partial charge in [-0.05, 0) is 80.0 Å². The molecule has 0 aromatic heterocycles. The molecule has 1 saturated carbocycles. The average molecular weight is 490 g/mol. The van der Waals surface area contributed by atoms with Crippen LogP contribution in [0.1, 0.15) is 80.2 Å². The molecule has 3 aliphatic rings. The second kappa shape index (κ2) is 11.1. The van der Waals surface area contributed by atoms with E-state index < -0.39 is 0 Å². The van der Waals surface area contributed by atoms with Crippen molar-refractivity contribution in [3.05, 3.63) is 76.2 Å². The number of benzene rings is 2. The highest BCUT2D eigenvalue weighted by Gasteiger charge is 2.26. The lowest BCUT2D eigenvalue weighted by Crippen LogP contribution is -2.39. The molecule has 5 N–H and O–H groups in total. The number of nitrogens with two attached hydrogens (primary N) is 1. The summed E-state index contributed by atoms with van der Waals surface area (Å²) < 4.78 is 14.7. The van der Waals surface area contributed by atoms with Crippen LogP contribution in [-0.2, 0) is 0 Å². The molecule has 1 fully saturated rings. The molecular formula is C30H40FN5. The van der Waals surface area contributed by atoms with Crippen molar-refractivity contribution in [2.75, 3.05) is 25.0 Å². The van der Waals surface area contributed by atoms with E-state index in [-0.39, 0.29) is 11.9 Å². The minimum atomic E-state index is -0.219. The van der Waals surface area contributed by atoms with Gasteiger partial charge in [0.25, 0.3) is 0 Å². The Hall–Kier alpha value is -2.83. The summed E-state index contributed by atoms with van der Waals surface area (Å²) in [5.74, 6) is 5.58. The monoisotopic (exact) mass is 489 g/mol. The summed E-state index contributed by atoms with van der Waals surface area (Å²) >= 11 is 0. The largest absolute Gasteiger partial charge is 0.383 e. The molecule has 36 heavy (non-hydrogen) atoms. The molecule has 5 nitrogen and oxygen atoms in total. The highest BCUT2D eigenvalue weighted by Crippen LogP contribution is 2.36. The van der Waals surface area contributed by atoms with Crippen molar-refractivity contribution in [3.63, 3.8) is 0 Å². The third kappa shape index (κ3) is 5.30. The zero-order valence-corrected chi connectivity index (χ0v) is 21.7. The standard InChI is InChI=1S/C30H40FN5/c1-20-8-11-27(31)29(18-20)34-28-12-15-33-30(21(2)35-32)25-10-9-23(19-26(25)28)22-13-16-36(17-14-22)24-6-4-3-5-7-24/h8-11,13,18-19,24,28,33-35H,3-7,12,14-17,32H2,1-2H3/b30-21-. The lowest BCUT2D eigenvalue weighted by Gasteiger charge is -2.36. The fourth-order valence-electron chi connectivity index (χ4n) is 6.09. The van der Waals surface area contributed by atoms with Crippen molar-refractivity contribution in [1.82, 2.24) is 15.6 Å². The Kier molecular flexibility index (Phi) is 7.63. The van der Waals surface area contributed by atoms with Gasteiger partial charge in [0.15, 0.2) is 0 Å². The topological polar surface area (TPSA) is 65.3 Å². The first-order chi connectivity index (χ1) is 17.5. The van der Waals surface area contributed by atoms with Gasteiger partial charge >= 0.3 is 0 Å². The summed E-state index contributed by atoms with van der Waals surface area (Å²) in [6.45, 7) is 6.91. The van der Waals surface area contributed by atoms with Crippen molar-refractivity contribution in [2.24, 2.45) is 5.84 Å². The normalized spacial score (nSPS) is 22.7. The Morgan fingerprint density at radius 2 is 1.92 bits per heavy atom. The molecule has 2 aliphatic heterocycles. The maximum absolute atomic E-state index is 14.7. The van der Waals surface area contributed by atoms with Crippen LogP contribution in [0.3, 0.4) is 0 Å². The van der Waals surface area contributed by atoms with Crippen LogP contribution in [0.15, 0.2) is 48.2 Å². The lowest BCUT2D eigenvalue weighted by atomic mass is 9.89. The second-order valence-electron chi connectivity index (χ2n) is 10.6. The summed E-state index contributed by atoms with van der Waals surface area (Å²) in [6, 6.07) is 12.7. The second-order valence-corrected chi connectivity index (χ2v) is 10.6. The number of nitrogens with zero attached hydrogens (tertiary/aromatic N) is 1. The Bertz CT molecular complexity index is 1150. The van der Waals surface area contributed by atoms with Gasteiger partial charge in [-0.15, -0.1) is 0 Å². The minimum absolute atomic E-state index is 0.0187. The molecule has 1 aliphatic carbocycles. The van der Waals surface area contributed by atoms with E-state index in [0.717, 1.165) is 61.0 Å². The van der Waals surface area contributed by atoms with Gasteiger partial charge in [-0.3, -0.25) is 10.7 Å². The number of hydrazine groups is 1. The van der Waals surface area contributed by atoms with Crippen molar-refractivity contribution >= 4 is 17.0 Å². The lowest BCUT2D eigenvalue weighted by molar-refractivity contribution is 0.171. The molecule has 0 radical (unpaired) electrons. The molecule has 2 aromatic rings. The SMILES string of the molecule is C/C(NN)=C1/NCCC(Nc2cc(C)ccc2F)c2cc(C3=CCN(C4CCCCC4)CC3)ccc21. The van der Waals surface area contributed by atoms with E-state index in [1.165, 1.54) is 48.8 Å². The van der Waals surface area contributed by atoms with Crippen LogP contribution in [0.2, 0.25) is 0 Å². The van der Waals surface area contributed by atoms with Crippen LogP contribution in [0, 0.1) is 12.7 Å². The summed E-state index contributed by atoms with van der Waals surface area (Å²) in [7, 11) is 0. The quantitative estimate of drug-likeness (QED) is 0.313. The number of nitrogens with one attached hydrogen (secondary N) is 3. The van der Waals surface area contributed by atoms with Crippen molar-refractivity contribution in [1.29, 1.82) is 0 Å². The van der Waals surface area contributed by atoms with Crippen LogP contribution in [0.5, 0.6) is 0 Å². The first-order valence-corrected chi connectivity index (χ1v) is 13.6. The van der Waals surface area contributed by atoms with Crippen molar-refractivity contribution < 1.29 is 4.39 Å². The molecule has 1 atom stereocenters. The van der Waals surface area contributed by atoms with Gasteiger partial charge in [-0.25, -0.2) is 4.39 Å². The van der Waals surface area contributed by atoms with E-state index in [4.69, 9.17) is 5.84 Å². The highest BCUT2D eigenvalue weighted by atomic mass is 19.1. The number of aryl methyl sites for hydroxylation is 1. The number of hydrogen-bond acceptors (Lipinski definition) is 5. The number of halogens is 1. The smallest absolute Gasteiger partial charge is 0.146 e. The molecule has 0 bridgehead atoms. The van der Waals surface area contributed by atoms with Gasteiger partial charge in [0.05, 0.1) is 17.4 Å². The Labute approximate surface area is 215 Å². The number of rotatable bonds is 5. The fraction of sp³-hybridized carbons (Fsp3) is 0.467. The van der Waals surface area contributed by atoms with Crippen LogP contribution < -0.4 is 21.9 Å². The molecule has 6 heteroatoms. The number of allylic oxidation sites excluding steroid dienone is 1. The maximum Gasteiger partial charge on any atom is 0.146 e. The molecule has 0 amide bonds. The van der Waals surface area contributed by atoms with E-state index in [9.17, 15) is 4.39 Å². The predicted molar refractivity (Wildman–Crippen MR) is 148 cm³/mol. The first-order valence-electron chi connectivity index (χ1n) is 13.6. The summed E-state index contributed by atoms with van der Waals surface area (Å²) in [5.41, 5.74) is 11.3. The number of anilines is 1. The van der Waals surface area contributed by atoms with Gasteiger partial charge in [0, 0.05) is 36.9 Å². The molecule has 0 saturated heterocycles. The zero-order chi connectivity index (χ0) is 25.1. The van der Waals surface area contributed by atoms with E-state index >= 15 is 0 Å².